The van der Waals surface area contributed by atoms with E-state index >= 15 is 0 Å². The molecule has 31 heavy (non-hydrogen) atoms. The van der Waals surface area contributed by atoms with Crippen molar-refractivity contribution in [3.63, 3.8) is 0 Å². The molecular weight excluding hydrogens is 424 g/mol. The van der Waals surface area contributed by atoms with Crippen LogP contribution in [-0.4, -0.2) is 15.8 Å². The normalized spacial score (nSPS) is 11.6. The van der Waals surface area contributed by atoms with Gasteiger partial charge in [0, 0.05) is 11.5 Å². The lowest BCUT2D eigenvalue weighted by atomic mass is 9.94. The minimum atomic E-state index is 0. The lowest BCUT2D eigenvalue weighted by molar-refractivity contribution is 0.491. The lowest BCUT2D eigenvalue weighted by Gasteiger charge is -2.14. The van der Waals surface area contributed by atoms with Crippen molar-refractivity contribution in [1.82, 2.24) is 9.97 Å². The van der Waals surface area contributed by atoms with Gasteiger partial charge in [-0.15, -0.1) is 23.7 Å². The number of aromatic nitrogens is 2. The molecule has 2 aromatic heterocycles. The molecule has 0 saturated carbocycles. The van der Waals surface area contributed by atoms with Crippen LogP contribution in [0.15, 0.2) is 53.0 Å². The first-order valence-corrected chi connectivity index (χ1v) is 12.1. The molecule has 0 saturated heterocycles. The van der Waals surface area contributed by atoms with Gasteiger partial charge in [0.15, 0.2) is 0 Å². The van der Waals surface area contributed by atoms with E-state index in [2.05, 4.69) is 36.0 Å². The third-order valence-corrected chi connectivity index (χ3v) is 6.37. The summed E-state index contributed by atoms with van der Waals surface area (Å²) in [6.45, 7) is 4.52. The molecule has 0 unspecified atom stereocenters. The predicted octanol–water partition coefficient (Wildman–Crippen LogP) is 7.84. The molecule has 1 aromatic carbocycles. The van der Waals surface area contributed by atoms with Crippen LogP contribution in [0, 0.1) is 0 Å². The minimum absolute atomic E-state index is 0. The zero-order valence-electron chi connectivity index (χ0n) is 18.6. The van der Waals surface area contributed by atoms with Crippen LogP contribution in [0.3, 0.4) is 0 Å². The standard InChI is InChI=1S/C25H34N4S.ClH/c1-3-5-7-11-19(12-8-6-4-2)25-27-18-22(29-25)20-13-9-14-21(17-20)28-24(26)23-15-10-16-30-23;/h9-10,13-19H,3-8,11-12H2,1-2H3,(H2,26,28)(H,27,29);1H. The first kappa shape index (κ1) is 25.2. The van der Waals surface area contributed by atoms with E-state index in [-0.39, 0.29) is 12.4 Å². The van der Waals surface area contributed by atoms with Crippen LogP contribution in [0.4, 0.5) is 5.69 Å². The van der Waals surface area contributed by atoms with Gasteiger partial charge >= 0.3 is 0 Å². The first-order chi connectivity index (χ1) is 14.7. The highest BCUT2D eigenvalue weighted by Crippen LogP contribution is 2.29. The fourth-order valence-corrected chi connectivity index (χ4v) is 4.38. The molecule has 0 aliphatic heterocycles. The SMILES string of the molecule is CCCCCC(CCCCC)c1ncc(-c2cccc(N=C(N)c3cccs3)c2)[nH]1.Cl. The van der Waals surface area contributed by atoms with Crippen LogP contribution in [0.2, 0.25) is 0 Å². The Morgan fingerprint density at radius 2 is 1.81 bits per heavy atom. The molecule has 6 heteroatoms. The summed E-state index contributed by atoms with van der Waals surface area (Å²) in [4.78, 5) is 14.0. The molecule has 3 N–H and O–H groups in total. The molecule has 0 radical (unpaired) electrons. The maximum absolute atomic E-state index is 6.16. The van der Waals surface area contributed by atoms with Crippen molar-refractivity contribution < 1.29 is 0 Å². The van der Waals surface area contributed by atoms with Crippen LogP contribution < -0.4 is 5.73 Å². The number of aliphatic imine (C=N–C) groups is 1. The monoisotopic (exact) mass is 458 g/mol. The summed E-state index contributed by atoms with van der Waals surface area (Å²) in [5.41, 5.74) is 9.16. The highest BCUT2D eigenvalue weighted by Gasteiger charge is 2.15. The second-order valence-corrected chi connectivity index (χ2v) is 8.84. The highest BCUT2D eigenvalue weighted by molar-refractivity contribution is 7.12. The Kier molecular flexibility index (Phi) is 10.8. The fraction of sp³-hybridized carbons (Fsp3) is 0.440. The van der Waals surface area contributed by atoms with Gasteiger partial charge in [0.1, 0.15) is 11.7 Å². The molecule has 0 amide bonds. The van der Waals surface area contributed by atoms with Crippen molar-refractivity contribution in [2.45, 2.75) is 71.1 Å². The van der Waals surface area contributed by atoms with Crippen molar-refractivity contribution in [2.75, 3.05) is 0 Å². The van der Waals surface area contributed by atoms with E-state index < -0.39 is 0 Å². The van der Waals surface area contributed by atoms with Gasteiger partial charge in [0.25, 0.3) is 0 Å². The maximum Gasteiger partial charge on any atom is 0.141 e. The number of nitrogens with two attached hydrogens (primary N) is 1. The quantitative estimate of drug-likeness (QED) is 0.165. The number of aromatic amines is 1. The van der Waals surface area contributed by atoms with E-state index in [9.17, 15) is 0 Å². The molecule has 168 valence electrons. The van der Waals surface area contributed by atoms with Crippen LogP contribution in [0.5, 0.6) is 0 Å². The van der Waals surface area contributed by atoms with Crippen molar-refractivity contribution in [1.29, 1.82) is 0 Å². The van der Waals surface area contributed by atoms with Gasteiger partial charge in [-0.25, -0.2) is 9.98 Å². The minimum Gasteiger partial charge on any atom is -0.383 e. The summed E-state index contributed by atoms with van der Waals surface area (Å²) in [7, 11) is 0. The maximum atomic E-state index is 6.16. The van der Waals surface area contributed by atoms with E-state index in [1.165, 1.54) is 51.4 Å². The first-order valence-electron chi connectivity index (χ1n) is 11.2. The summed E-state index contributed by atoms with van der Waals surface area (Å²) >= 11 is 1.60. The summed E-state index contributed by atoms with van der Waals surface area (Å²) in [5, 5.41) is 2.01. The third-order valence-electron chi connectivity index (χ3n) is 5.47. The number of halogens is 1. The Morgan fingerprint density at radius 1 is 1.06 bits per heavy atom. The number of hydrogen-bond acceptors (Lipinski definition) is 3. The van der Waals surface area contributed by atoms with Crippen LogP contribution >= 0.6 is 23.7 Å². The van der Waals surface area contributed by atoms with Crippen molar-refractivity contribution in [3.8, 4) is 11.3 Å². The fourth-order valence-electron chi connectivity index (χ4n) is 3.75. The average molecular weight is 459 g/mol. The number of imidazole rings is 1. The van der Waals surface area contributed by atoms with Crippen molar-refractivity contribution in [3.05, 3.63) is 58.7 Å². The summed E-state index contributed by atoms with van der Waals surface area (Å²) < 4.78 is 0. The molecule has 0 aliphatic carbocycles. The zero-order chi connectivity index (χ0) is 21.2. The Morgan fingerprint density at radius 3 is 2.45 bits per heavy atom. The molecule has 3 aromatic rings. The van der Waals surface area contributed by atoms with Crippen molar-refractivity contribution in [2.24, 2.45) is 10.7 Å². The number of thiophene rings is 1. The zero-order valence-corrected chi connectivity index (χ0v) is 20.3. The Bertz CT molecular complexity index is 907. The smallest absolute Gasteiger partial charge is 0.141 e. The molecule has 3 rings (SSSR count). The number of amidine groups is 1. The molecule has 0 spiro atoms. The van der Waals surface area contributed by atoms with Gasteiger partial charge in [-0.2, -0.15) is 0 Å². The van der Waals surface area contributed by atoms with E-state index in [4.69, 9.17) is 10.7 Å². The molecular formula is C25H35ClN4S. The van der Waals surface area contributed by atoms with E-state index in [0.29, 0.717) is 11.8 Å². The van der Waals surface area contributed by atoms with Gasteiger partial charge in [-0.05, 0) is 36.4 Å². The Balaban J connectivity index is 0.00000341. The lowest BCUT2D eigenvalue weighted by Crippen LogP contribution is -2.10. The number of hydrogen-bond donors (Lipinski definition) is 2. The van der Waals surface area contributed by atoms with Gasteiger partial charge in [-0.1, -0.05) is 70.6 Å². The summed E-state index contributed by atoms with van der Waals surface area (Å²) in [6, 6.07) is 12.2. The van der Waals surface area contributed by atoms with E-state index in [1.54, 1.807) is 11.3 Å². The van der Waals surface area contributed by atoms with Crippen LogP contribution in [0.25, 0.3) is 11.3 Å². The number of H-pyrrole nitrogens is 1. The molecule has 0 bridgehead atoms. The number of unbranched alkanes of at least 4 members (excludes halogenated alkanes) is 4. The molecule has 0 aliphatic rings. The van der Waals surface area contributed by atoms with Crippen LogP contribution in [-0.2, 0) is 0 Å². The average Bonchev–Trinajstić information content (AvgIpc) is 3.45. The summed E-state index contributed by atoms with van der Waals surface area (Å²) in [6.07, 6.45) is 12.0. The van der Waals surface area contributed by atoms with Crippen LogP contribution in [0.1, 0.15) is 81.8 Å². The van der Waals surface area contributed by atoms with E-state index in [0.717, 1.165) is 27.6 Å². The summed E-state index contributed by atoms with van der Waals surface area (Å²) in [5.74, 6) is 2.20. The second kappa shape index (κ2) is 13.3. The molecule has 4 nitrogen and oxygen atoms in total. The molecule has 0 atom stereocenters. The van der Waals surface area contributed by atoms with Crippen molar-refractivity contribution >= 4 is 35.3 Å². The van der Waals surface area contributed by atoms with Gasteiger partial charge in [-0.3, -0.25) is 0 Å². The van der Waals surface area contributed by atoms with E-state index in [1.807, 2.05) is 35.8 Å². The Hall–Kier alpha value is -2.11. The number of nitrogens with zero attached hydrogens (tertiary/aromatic N) is 2. The molecule has 2 heterocycles. The van der Waals surface area contributed by atoms with Gasteiger partial charge in [0.05, 0.1) is 22.5 Å². The van der Waals surface area contributed by atoms with Gasteiger partial charge in [0.2, 0.25) is 0 Å². The third kappa shape index (κ3) is 7.51. The number of nitrogens with one attached hydrogen (secondary N) is 1. The number of benzene rings is 1. The van der Waals surface area contributed by atoms with Gasteiger partial charge < -0.3 is 10.7 Å². The molecule has 0 fully saturated rings. The second-order valence-electron chi connectivity index (χ2n) is 7.90. The largest absolute Gasteiger partial charge is 0.383 e. The Labute approximate surface area is 196 Å². The topological polar surface area (TPSA) is 67.1 Å². The highest BCUT2D eigenvalue weighted by atomic mass is 35.5. The number of rotatable bonds is 12. The predicted molar refractivity (Wildman–Crippen MR) is 137 cm³/mol.